The van der Waals surface area contributed by atoms with Gasteiger partial charge in [0.1, 0.15) is 11.8 Å². The van der Waals surface area contributed by atoms with Gasteiger partial charge in [-0.2, -0.15) is 0 Å². The molecular formula is C15H21NO3. The van der Waals surface area contributed by atoms with E-state index in [1.807, 2.05) is 31.2 Å². The Labute approximate surface area is 113 Å². The van der Waals surface area contributed by atoms with Crippen molar-refractivity contribution in [3.8, 4) is 5.75 Å². The molecular weight excluding hydrogens is 242 g/mol. The van der Waals surface area contributed by atoms with Crippen LogP contribution >= 0.6 is 0 Å². The second-order valence-electron chi connectivity index (χ2n) is 4.89. The monoisotopic (exact) mass is 263 g/mol. The van der Waals surface area contributed by atoms with Crippen molar-refractivity contribution < 1.29 is 14.6 Å². The van der Waals surface area contributed by atoms with E-state index in [2.05, 4.69) is 5.32 Å². The van der Waals surface area contributed by atoms with Crippen LogP contribution in [0, 0.1) is 0 Å². The molecule has 4 heteroatoms. The zero-order chi connectivity index (χ0) is 13.7. The van der Waals surface area contributed by atoms with E-state index in [1.54, 1.807) is 0 Å². The summed E-state index contributed by atoms with van der Waals surface area (Å²) in [5, 5.41) is 12.7. The molecule has 1 aromatic carbocycles. The molecule has 2 N–H and O–H groups in total. The standard InChI is InChI=1S/C15H21NO3/c1-2-19-13-10-6-5-9-12(13)14(15(17)18)16-11-7-3-4-8-11/h5-6,9-11,14,16H,2-4,7-8H2,1H3,(H,17,18). The third kappa shape index (κ3) is 3.47. The molecule has 1 aliphatic carbocycles. The smallest absolute Gasteiger partial charge is 0.325 e. The van der Waals surface area contributed by atoms with Gasteiger partial charge in [-0.25, -0.2) is 0 Å². The molecule has 0 aromatic heterocycles. The molecule has 1 unspecified atom stereocenters. The number of para-hydroxylation sites is 1. The van der Waals surface area contributed by atoms with Gasteiger partial charge in [-0.05, 0) is 25.8 Å². The van der Waals surface area contributed by atoms with Crippen LogP contribution in [0.1, 0.15) is 44.2 Å². The van der Waals surface area contributed by atoms with Gasteiger partial charge in [0.15, 0.2) is 0 Å². The minimum absolute atomic E-state index is 0.302. The van der Waals surface area contributed by atoms with E-state index in [9.17, 15) is 9.90 Å². The normalized spacial score (nSPS) is 17.3. The highest BCUT2D eigenvalue weighted by atomic mass is 16.5. The number of carboxylic acids is 1. The Hall–Kier alpha value is -1.55. The van der Waals surface area contributed by atoms with Gasteiger partial charge in [0.2, 0.25) is 0 Å². The largest absolute Gasteiger partial charge is 0.494 e. The van der Waals surface area contributed by atoms with Crippen LogP contribution in [-0.2, 0) is 4.79 Å². The number of rotatable bonds is 6. The Kier molecular flexibility index (Phi) is 4.80. The average Bonchev–Trinajstić information content (AvgIpc) is 2.90. The second-order valence-corrected chi connectivity index (χ2v) is 4.89. The molecule has 0 aliphatic heterocycles. The fourth-order valence-electron chi connectivity index (χ4n) is 2.63. The van der Waals surface area contributed by atoms with E-state index in [0.717, 1.165) is 12.8 Å². The molecule has 19 heavy (non-hydrogen) atoms. The van der Waals surface area contributed by atoms with Crippen LogP contribution in [0.4, 0.5) is 0 Å². The van der Waals surface area contributed by atoms with Gasteiger partial charge in [0.05, 0.1) is 6.61 Å². The molecule has 0 heterocycles. The predicted octanol–water partition coefficient (Wildman–Crippen LogP) is 2.74. The fourth-order valence-corrected chi connectivity index (χ4v) is 2.63. The fraction of sp³-hybridized carbons (Fsp3) is 0.533. The summed E-state index contributed by atoms with van der Waals surface area (Å²) >= 11 is 0. The lowest BCUT2D eigenvalue weighted by Crippen LogP contribution is -2.35. The Bertz CT molecular complexity index is 427. The highest BCUT2D eigenvalue weighted by Gasteiger charge is 2.27. The Morgan fingerprint density at radius 3 is 2.74 bits per heavy atom. The van der Waals surface area contributed by atoms with E-state index in [0.29, 0.717) is 24.0 Å². The van der Waals surface area contributed by atoms with Crippen molar-refractivity contribution in [2.45, 2.75) is 44.7 Å². The van der Waals surface area contributed by atoms with Crippen molar-refractivity contribution in [2.75, 3.05) is 6.61 Å². The van der Waals surface area contributed by atoms with Crippen LogP contribution in [0.5, 0.6) is 5.75 Å². The zero-order valence-corrected chi connectivity index (χ0v) is 11.3. The molecule has 104 valence electrons. The third-order valence-corrected chi connectivity index (χ3v) is 3.53. The molecule has 1 saturated carbocycles. The lowest BCUT2D eigenvalue weighted by molar-refractivity contribution is -0.140. The number of carbonyl (C=O) groups is 1. The molecule has 1 aromatic rings. The maximum absolute atomic E-state index is 11.5. The van der Waals surface area contributed by atoms with Gasteiger partial charge < -0.3 is 9.84 Å². The summed E-state index contributed by atoms with van der Waals surface area (Å²) < 4.78 is 5.53. The lowest BCUT2D eigenvalue weighted by atomic mass is 10.0. The van der Waals surface area contributed by atoms with Crippen LogP contribution in [0.3, 0.4) is 0 Å². The van der Waals surface area contributed by atoms with Crippen LogP contribution in [0.15, 0.2) is 24.3 Å². The number of ether oxygens (including phenoxy) is 1. The second kappa shape index (κ2) is 6.57. The number of benzene rings is 1. The highest BCUT2D eigenvalue weighted by Crippen LogP contribution is 2.28. The van der Waals surface area contributed by atoms with Crippen molar-refractivity contribution in [3.63, 3.8) is 0 Å². The van der Waals surface area contributed by atoms with Crippen molar-refractivity contribution in [3.05, 3.63) is 29.8 Å². The van der Waals surface area contributed by atoms with Crippen LogP contribution in [0.2, 0.25) is 0 Å². The maximum atomic E-state index is 11.5. The molecule has 0 saturated heterocycles. The Morgan fingerprint density at radius 1 is 1.42 bits per heavy atom. The summed E-state index contributed by atoms with van der Waals surface area (Å²) in [5.41, 5.74) is 0.712. The number of hydrogen-bond donors (Lipinski definition) is 2. The maximum Gasteiger partial charge on any atom is 0.325 e. The van der Waals surface area contributed by atoms with Crippen molar-refractivity contribution >= 4 is 5.97 Å². The molecule has 1 fully saturated rings. The minimum atomic E-state index is -0.848. The number of nitrogens with one attached hydrogen (secondary N) is 1. The van der Waals surface area contributed by atoms with E-state index < -0.39 is 12.0 Å². The van der Waals surface area contributed by atoms with Crippen molar-refractivity contribution in [2.24, 2.45) is 0 Å². The third-order valence-electron chi connectivity index (χ3n) is 3.53. The van der Waals surface area contributed by atoms with E-state index in [1.165, 1.54) is 12.8 Å². The van der Waals surface area contributed by atoms with E-state index in [4.69, 9.17) is 4.74 Å². The summed E-state index contributed by atoms with van der Waals surface area (Å²) in [6.45, 7) is 2.43. The van der Waals surface area contributed by atoms with Gasteiger partial charge >= 0.3 is 5.97 Å². The molecule has 1 aliphatic rings. The van der Waals surface area contributed by atoms with Gasteiger partial charge in [-0.1, -0.05) is 31.0 Å². The molecule has 0 spiro atoms. The average molecular weight is 263 g/mol. The van der Waals surface area contributed by atoms with Crippen molar-refractivity contribution in [1.82, 2.24) is 5.32 Å². The van der Waals surface area contributed by atoms with Gasteiger partial charge in [-0.15, -0.1) is 0 Å². The Balaban J connectivity index is 2.20. The first kappa shape index (κ1) is 13.9. The number of carboxylic acid groups (broad SMARTS) is 1. The first-order valence-electron chi connectivity index (χ1n) is 6.93. The topological polar surface area (TPSA) is 58.6 Å². The number of aliphatic carboxylic acids is 1. The first-order valence-corrected chi connectivity index (χ1v) is 6.93. The predicted molar refractivity (Wildman–Crippen MR) is 73.4 cm³/mol. The summed E-state index contributed by atoms with van der Waals surface area (Å²) in [6, 6.07) is 6.98. The number of hydrogen-bond acceptors (Lipinski definition) is 3. The van der Waals surface area contributed by atoms with Gasteiger partial charge in [0.25, 0.3) is 0 Å². The van der Waals surface area contributed by atoms with Gasteiger partial charge in [-0.3, -0.25) is 10.1 Å². The molecule has 0 bridgehead atoms. The molecule has 1 atom stereocenters. The van der Waals surface area contributed by atoms with Crippen LogP contribution < -0.4 is 10.1 Å². The Morgan fingerprint density at radius 2 is 2.11 bits per heavy atom. The lowest BCUT2D eigenvalue weighted by Gasteiger charge is -2.21. The molecule has 4 nitrogen and oxygen atoms in total. The van der Waals surface area contributed by atoms with Crippen LogP contribution in [-0.4, -0.2) is 23.7 Å². The summed E-state index contributed by atoms with van der Waals surface area (Å²) in [4.78, 5) is 11.5. The SMILES string of the molecule is CCOc1ccccc1C(NC1CCCC1)C(=O)O. The van der Waals surface area contributed by atoms with E-state index in [-0.39, 0.29) is 0 Å². The van der Waals surface area contributed by atoms with Crippen LogP contribution in [0.25, 0.3) is 0 Å². The van der Waals surface area contributed by atoms with Crippen molar-refractivity contribution in [1.29, 1.82) is 0 Å². The van der Waals surface area contributed by atoms with E-state index >= 15 is 0 Å². The summed E-state index contributed by atoms with van der Waals surface area (Å²) in [5.74, 6) is -0.193. The van der Waals surface area contributed by atoms with Gasteiger partial charge in [0, 0.05) is 11.6 Å². The molecule has 0 amide bonds. The zero-order valence-electron chi connectivity index (χ0n) is 11.3. The summed E-state index contributed by atoms with van der Waals surface area (Å²) in [7, 11) is 0. The minimum Gasteiger partial charge on any atom is -0.494 e. The quantitative estimate of drug-likeness (QED) is 0.828. The summed E-state index contributed by atoms with van der Waals surface area (Å²) in [6.07, 6.45) is 4.47. The molecule has 2 rings (SSSR count). The first-order chi connectivity index (χ1) is 9.22. The molecule has 0 radical (unpaired) electrons. The highest BCUT2D eigenvalue weighted by molar-refractivity contribution is 5.76.